The van der Waals surface area contributed by atoms with Crippen molar-refractivity contribution in [3.05, 3.63) is 46.9 Å². The Labute approximate surface area is 139 Å². The van der Waals surface area contributed by atoms with Gasteiger partial charge in [-0.25, -0.2) is 0 Å². The quantitative estimate of drug-likeness (QED) is 0.940. The van der Waals surface area contributed by atoms with E-state index < -0.39 is 0 Å². The lowest BCUT2D eigenvalue weighted by Crippen LogP contribution is -2.36. The minimum atomic E-state index is -0.189. The van der Waals surface area contributed by atoms with E-state index in [2.05, 4.69) is 10.3 Å². The summed E-state index contributed by atoms with van der Waals surface area (Å²) in [5, 5.41) is 7.33. The highest BCUT2D eigenvalue weighted by atomic mass is 32.1. The van der Waals surface area contributed by atoms with Gasteiger partial charge in [0.15, 0.2) is 0 Å². The lowest BCUT2D eigenvalue weighted by molar-refractivity contribution is 0.0125. The van der Waals surface area contributed by atoms with Crippen LogP contribution in [0.4, 0.5) is 5.69 Å². The molecule has 2 saturated heterocycles. The molecule has 1 spiro atoms. The van der Waals surface area contributed by atoms with Crippen LogP contribution in [0.3, 0.4) is 0 Å². The molecule has 1 N–H and O–H groups in total. The molecular formula is C17H19N3O2S. The minimum absolute atomic E-state index is 0.121. The molecule has 0 radical (unpaired) electrons. The van der Waals surface area contributed by atoms with E-state index in [1.54, 1.807) is 17.5 Å². The van der Waals surface area contributed by atoms with Crippen molar-refractivity contribution in [3.63, 3.8) is 0 Å². The molecule has 2 aliphatic heterocycles. The number of aromatic nitrogens is 1. The van der Waals surface area contributed by atoms with E-state index in [4.69, 9.17) is 4.74 Å². The summed E-state index contributed by atoms with van der Waals surface area (Å²) in [5.74, 6) is 0.121. The van der Waals surface area contributed by atoms with Gasteiger partial charge in [0.05, 0.1) is 36.0 Å². The topological polar surface area (TPSA) is 54.5 Å². The third-order valence-corrected chi connectivity index (χ3v) is 5.30. The van der Waals surface area contributed by atoms with Crippen molar-refractivity contribution in [1.82, 2.24) is 9.88 Å². The van der Waals surface area contributed by atoms with Crippen molar-refractivity contribution in [2.24, 2.45) is 0 Å². The van der Waals surface area contributed by atoms with Gasteiger partial charge < -0.3 is 15.0 Å². The molecule has 23 heavy (non-hydrogen) atoms. The van der Waals surface area contributed by atoms with E-state index in [-0.39, 0.29) is 17.6 Å². The average molecular weight is 329 g/mol. The summed E-state index contributed by atoms with van der Waals surface area (Å²) in [6.07, 6.45) is 5.43. The third-order valence-electron chi connectivity index (χ3n) is 4.61. The second kappa shape index (κ2) is 5.94. The van der Waals surface area contributed by atoms with Crippen LogP contribution in [0.1, 0.15) is 23.2 Å². The fourth-order valence-corrected chi connectivity index (χ4v) is 4.12. The zero-order valence-electron chi connectivity index (χ0n) is 12.8. The van der Waals surface area contributed by atoms with Gasteiger partial charge in [-0.2, -0.15) is 11.3 Å². The van der Waals surface area contributed by atoms with Gasteiger partial charge in [0.25, 0.3) is 5.91 Å². The standard InChI is InChI=1S/C17H19N3O2S/c21-16(13-3-7-23-11-13)20-6-4-17(12-20)8-15(10-22-17)19-14-2-1-5-18-9-14/h1-3,5,7,9,11,15,19H,4,6,8,10,12H2/t15-,17-/m0/s1. The van der Waals surface area contributed by atoms with Crippen LogP contribution in [0.2, 0.25) is 0 Å². The Kier molecular flexibility index (Phi) is 3.79. The third kappa shape index (κ3) is 2.96. The van der Waals surface area contributed by atoms with Gasteiger partial charge in [-0.15, -0.1) is 0 Å². The molecule has 4 heterocycles. The predicted molar refractivity (Wildman–Crippen MR) is 89.8 cm³/mol. The maximum Gasteiger partial charge on any atom is 0.254 e. The molecule has 1 amide bonds. The number of ether oxygens (including phenoxy) is 1. The first-order valence-electron chi connectivity index (χ1n) is 7.86. The van der Waals surface area contributed by atoms with Crippen molar-refractivity contribution in [2.45, 2.75) is 24.5 Å². The van der Waals surface area contributed by atoms with Gasteiger partial charge >= 0.3 is 0 Å². The molecule has 0 bridgehead atoms. The van der Waals surface area contributed by atoms with Crippen LogP contribution < -0.4 is 5.32 Å². The van der Waals surface area contributed by atoms with E-state index in [1.165, 1.54) is 0 Å². The number of nitrogens with zero attached hydrogens (tertiary/aromatic N) is 2. The Morgan fingerprint density at radius 3 is 3.22 bits per heavy atom. The van der Waals surface area contributed by atoms with E-state index in [0.717, 1.165) is 30.6 Å². The maximum absolute atomic E-state index is 12.5. The first kappa shape index (κ1) is 14.7. The molecule has 0 unspecified atom stereocenters. The fraction of sp³-hybridized carbons (Fsp3) is 0.412. The fourth-order valence-electron chi connectivity index (χ4n) is 3.49. The van der Waals surface area contributed by atoms with Crippen LogP contribution in [0.25, 0.3) is 0 Å². The highest BCUT2D eigenvalue weighted by Gasteiger charge is 2.46. The predicted octanol–water partition coefficient (Wildman–Crippen LogP) is 2.63. The first-order valence-corrected chi connectivity index (χ1v) is 8.80. The van der Waals surface area contributed by atoms with Crippen LogP contribution >= 0.6 is 11.3 Å². The van der Waals surface area contributed by atoms with Crippen LogP contribution in [0, 0.1) is 0 Å². The van der Waals surface area contributed by atoms with Gasteiger partial charge in [0.1, 0.15) is 0 Å². The van der Waals surface area contributed by atoms with E-state index >= 15 is 0 Å². The van der Waals surface area contributed by atoms with Crippen LogP contribution in [0.5, 0.6) is 0 Å². The summed E-state index contributed by atoms with van der Waals surface area (Å²) < 4.78 is 6.11. The number of amides is 1. The van der Waals surface area contributed by atoms with Crippen molar-refractivity contribution in [1.29, 1.82) is 0 Å². The van der Waals surface area contributed by atoms with Crippen molar-refractivity contribution >= 4 is 22.9 Å². The second-order valence-corrected chi connectivity index (χ2v) is 7.05. The number of hydrogen-bond acceptors (Lipinski definition) is 5. The smallest absolute Gasteiger partial charge is 0.254 e. The SMILES string of the molecule is O=C(c1ccsc1)N1CC[C@]2(C[C@H](Nc3cccnc3)CO2)C1. The number of anilines is 1. The summed E-state index contributed by atoms with van der Waals surface area (Å²) >= 11 is 1.56. The summed E-state index contributed by atoms with van der Waals surface area (Å²) in [5.41, 5.74) is 1.61. The second-order valence-electron chi connectivity index (χ2n) is 6.27. The number of nitrogens with one attached hydrogen (secondary N) is 1. The summed E-state index contributed by atoms with van der Waals surface area (Å²) in [6, 6.07) is 6.10. The largest absolute Gasteiger partial charge is 0.379 e. The first-order chi connectivity index (χ1) is 11.2. The number of carbonyl (C=O) groups excluding carboxylic acids is 1. The van der Waals surface area contributed by atoms with Crippen LogP contribution in [-0.4, -0.2) is 47.1 Å². The lowest BCUT2D eigenvalue weighted by atomic mass is 9.97. The number of likely N-dealkylation sites (tertiary alicyclic amines) is 1. The zero-order chi connectivity index (χ0) is 15.7. The number of thiophene rings is 1. The summed E-state index contributed by atoms with van der Waals surface area (Å²) in [6.45, 7) is 2.14. The Bertz CT molecular complexity index is 676. The Balaban J connectivity index is 1.38. The van der Waals surface area contributed by atoms with Gasteiger partial charge in [-0.1, -0.05) is 0 Å². The molecule has 0 saturated carbocycles. The molecule has 4 rings (SSSR count). The van der Waals surface area contributed by atoms with E-state index in [1.807, 2.05) is 40.1 Å². The zero-order valence-corrected chi connectivity index (χ0v) is 13.6. The lowest BCUT2D eigenvalue weighted by Gasteiger charge is -2.23. The van der Waals surface area contributed by atoms with Gasteiger partial charge in [-0.05, 0) is 30.0 Å². The molecule has 2 aromatic rings. The average Bonchev–Trinajstić information content (AvgIpc) is 3.31. The van der Waals surface area contributed by atoms with E-state index in [0.29, 0.717) is 13.2 Å². The highest BCUT2D eigenvalue weighted by molar-refractivity contribution is 7.08. The number of carbonyl (C=O) groups is 1. The van der Waals surface area contributed by atoms with Crippen molar-refractivity contribution in [3.8, 4) is 0 Å². The molecule has 120 valence electrons. The van der Waals surface area contributed by atoms with Crippen molar-refractivity contribution < 1.29 is 9.53 Å². The molecule has 2 aromatic heterocycles. The Hall–Kier alpha value is -1.92. The van der Waals surface area contributed by atoms with Gasteiger partial charge in [0, 0.05) is 30.7 Å². The highest BCUT2D eigenvalue weighted by Crippen LogP contribution is 2.36. The normalized spacial score (nSPS) is 26.8. The Morgan fingerprint density at radius 2 is 2.43 bits per heavy atom. The number of pyridine rings is 1. The molecule has 0 aliphatic carbocycles. The molecule has 2 aliphatic rings. The van der Waals surface area contributed by atoms with Gasteiger partial charge in [-0.3, -0.25) is 9.78 Å². The van der Waals surface area contributed by atoms with Crippen LogP contribution in [0.15, 0.2) is 41.4 Å². The molecule has 5 nitrogen and oxygen atoms in total. The maximum atomic E-state index is 12.5. The van der Waals surface area contributed by atoms with Crippen molar-refractivity contribution in [2.75, 3.05) is 25.0 Å². The summed E-state index contributed by atoms with van der Waals surface area (Å²) in [4.78, 5) is 18.5. The molecular weight excluding hydrogens is 310 g/mol. The molecule has 6 heteroatoms. The Morgan fingerprint density at radius 1 is 1.48 bits per heavy atom. The monoisotopic (exact) mass is 329 g/mol. The van der Waals surface area contributed by atoms with E-state index in [9.17, 15) is 4.79 Å². The number of hydrogen-bond donors (Lipinski definition) is 1. The number of rotatable bonds is 3. The van der Waals surface area contributed by atoms with Gasteiger partial charge in [0.2, 0.25) is 0 Å². The summed E-state index contributed by atoms with van der Waals surface area (Å²) in [7, 11) is 0. The minimum Gasteiger partial charge on any atom is -0.379 e. The molecule has 2 atom stereocenters. The molecule has 0 aromatic carbocycles. The molecule has 2 fully saturated rings. The van der Waals surface area contributed by atoms with Crippen LogP contribution in [-0.2, 0) is 4.74 Å².